The molecule has 0 spiro atoms. The quantitative estimate of drug-likeness (QED) is 0.680. The van der Waals surface area contributed by atoms with Crippen LogP contribution in [0.1, 0.15) is 43.5 Å². The number of thiophene rings is 1. The molecule has 1 nitrogen and oxygen atoms in total. The lowest BCUT2D eigenvalue weighted by molar-refractivity contribution is 0.0979. The molecule has 0 atom stereocenters. The van der Waals surface area contributed by atoms with Gasteiger partial charge in [0.15, 0.2) is 5.78 Å². The summed E-state index contributed by atoms with van der Waals surface area (Å²) in [5.41, 5.74) is 0.579. The van der Waals surface area contributed by atoms with E-state index < -0.39 is 0 Å². The van der Waals surface area contributed by atoms with E-state index >= 15 is 0 Å². The maximum absolute atomic E-state index is 11.7. The van der Waals surface area contributed by atoms with Crippen molar-refractivity contribution in [3.05, 3.63) is 20.3 Å². The van der Waals surface area contributed by atoms with Crippen molar-refractivity contribution in [2.24, 2.45) is 5.92 Å². The van der Waals surface area contributed by atoms with Crippen LogP contribution < -0.4 is 0 Å². The van der Waals surface area contributed by atoms with Crippen LogP contribution >= 0.6 is 34.5 Å². The highest BCUT2D eigenvalue weighted by molar-refractivity contribution is 7.20. The van der Waals surface area contributed by atoms with Gasteiger partial charge in [0, 0.05) is 12.0 Å². The van der Waals surface area contributed by atoms with Crippen molar-refractivity contribution in [3.8, 4) is 0 Å². The zero-order chi connectivity index (χ0) is 11.4. The average Bonchev–Trinajstić information content (AvgIpc) is 2.44. The Morgan fingerprint density at radius 3 is 2.60 bits per heavy atom. The average molecular weight is 265 g/mol. The van der Waals surface area contributed by atoms with Crippen molar-refractivity contribution in [1.29, 1.82) is 0 Å². The van der Waals surface area contributed by atoms with E-state index in [1.807, 2.05) is 0 Å². The normalized spacial score (nSPS) is 11.0. The van der Waals surface area contributed by atoms with Crippen LogP contribution in [-0.2, 0) is 0 Å². The van der Waals surface area contributed by atoms with Gasteiger partial charge >= 0.3 is 0 Å². The number of hydrogen-bond acceptors (Lipinski definition) is 2. The fourth-order valence-electron chi connectivity index (χ4n) is 1.34. The minimum Gasteiger partial charge on any atom is -0.294 e. The van der Waals surface area contributed by atoms with Crippen LogP contribution in [0.5, 0.6) is 0 Å². The zero-order valence-corrected chi connectivity index (χ0v) is 11.2. The van der Waals surface area contributed by atoms with E-state index in [9.17, 15) is 4.79 Å². The molecule has 1 aromatic rings. The fourth-order valence-corrected chi connectivity index (χ4v) is 2.83. The molecule has 0 N–H and O–H groups in total. The van der Waals surface area contributed by atoms with Crippen molar-refractivity contribution in [1.82, 2.24) is 0 Å². The largest absolute Gasteiger partial charge is 0.294 e. The summed E-state index contributed by atoms with van der Waals surface area (Å²) in [7, 11) is 0. The number of hydrogen-bond donors (Lipinski definition) is 0. The molecule has 0 bridgehead atoms. The van der Waals surface area contributed by atoms with Gasteiger partial charge in [-0.05, 0) is 18.4 Å². The minimum atomic E-state index is 0.101. The Balaban J connectivity index is 2.50. The molecule has 0 saturated carbocycles. The van der Waals surface area contributed by atoms with E-state index in [1.165, 1.54) is 11.3 Å². The molecule has 0 radical (unpaired) electrons. The first-order valence-corrected chi connectivity index (χ1v) is 6.56. The molecule has 1 rings (SSSR count). The zero-order valence-electron chi connectivity index (χ0n) is 8.85. The lowest BCUT2D eigenvalue weighted by Crippen LogP contribution is -1.99. The summed E-state index contributed by atoms with van der Waals surface area (Å²) >= 11 is 12.9. The lowest BCUT2D eigenvalue weighted by atomic mass is 10.0. The van der Waals surface area contributed by atoms with Crippen molar-refractivity contribution in [3.63, 3.8) is 0 Å². The van der Waals surface area contributed by atoms with Gasteiger partial charge in [0.2, 0.25) is 0 Å². The summed E-state index contributed by atoms with van der Waals surface area (Å²) in [6, 6.07) is 1.66. The second-order valence-electron chi connectivity index (χ2n) is 3.95. The second-order valence-corrected chi connectivity index (χ2v) is 6.23. The maximum atomic E-state index is 11.7. The fraction of sp³-hybridized carbons (Fsp3) is 0.545. The Morgan fingerprint density at radius 2 is 2.13 bits per heavy atom. The standard InChI is InChI=1S/C11H14Cl2OS/c1-7(2)4-3-5-9(14)8-6-10(12)15-11(8)13/h6-7H,3-5H2,1-2H3. The van der Waals surface area contributed by atoms with Gasteiger partial charge in [-0.15, -0.1) is 11.3 Å². The van der Waals surface area contributed by atoms with Crippen LogP contribution in [0.2, 0.25) is 8.67 Å². The molecule has 0 fully saturated rings. The van der Waals surface area contributed by atoms with Crippen LogP contribution in [0.3, 0.4) is 0 Å². The SMILES string of the molecule is CC(C)CCCC(=O)c1cc(Cl)sc1Cl. The smallest absolute Gasteiger partial charge is 0.165 e. The second kappa shape index (κ2) is 5.88. The molecule has 1 heterocycles. The van der Waals surface area contributed by atoms with Crippen LogP contribution in [-0.4, -0.2) is 5.78 Å². The van der Waals surface area contributed by atoms with Gasteiger partial charge in [0.1, 0.15) is 4.34 Å². The van der Waals surface area contributed by atoms with Crippen molar-refractivity contribution < 1.29 is 4.79 Å². The number of carbonyl (C=O) groups is 1. The van der Waals surface area contributed by atoms with E-state index in [2.05, 4.69) is 13.8 Å². The third kappa shape index (κ3) is 4.13. The maximum Gasteiger partial charge on any atom is 0.165 e. The number of ketones is 1. The van der Waals surface area contributed by atoms with Gasteiger partial charge in [0.25, 0.3) is 0 Å². The number of carbonyl (C=O) groups excluding carboxylic acids is 1. The Hall–Kier alpha value is -0.0500. The molecule has 0 unspecified atom stereocenters. The summed E-state index contributed by atoms with van der Waals surface area (Å²) in [5.74, 6) is 0.739. The van der Waals surface area contributed by atoms with E-state index in [-0.39, 0.29) is 5.78 Å². The summed E-state index contributed by atoms with van der Waals surface area (Å²) in [5, 5.41) is 0. The number of rotatable bonds is 5. The highest BCUT2D eigenvalue weighted by atomic mass is 35.5. The van der Waals surface area contributed by atoms with E-state index in [4.69, 9.17) is 23.2 Å². The van der Waals surface area contributed by atoms with Gasteiger partial charge in [-0.1, -0.05) is 43.5 Å². The first kappa shape index (κ1) is 13.0. The Bertz CT molecular complexity index is 344. The van der Waals surface area contributed by atoms with Crippen molar-refractivity contribution in [2.75, 3.05) is 0 Å². The Morgan fingerprint density at radius 1 is 1.47 bits per heavy atom. The van der Waals surface area contributed by atoms with Gasteiger partial charge in [0.05, 0.1) is 4.34 Å². The van der Waals surface area contributed by atoms with Crippen molar-refractivity contribution >= 4 is 40.3 Å². The lowest BCUT2D eigenvalue weighted by Gasteiger charge is -2.02. The first-order valence-electron chi connectivity index (χ1n) is 4.98. The minimum absolute atomic E-state index is 0.101. The molecule has 0 saturated heterocycles. The summed E-state index contributed by atoms with van der Waals surface area (Å²) in [6.07, 6.45) is 2.55. The summed E-state index contributed by atoms with van der Waals surface area (Å²) < 4.78 is 1.08. The number of Topliss-reactive ketones (excluding diaryl/α,β-unsaturated/α-hetero) is 1. The van der Waals surface area contributed by atoms with Gasteiger partial charge < -0.3 is 0 Å². The van der Waals surface area contributed by atoms with E-state index in [0.717, 1.165) is 12.8 Å². The molecular weight excluding hydrogens is 251 g/mol. The monoisotopic (exact) mass is 264 g/mol. The van der Waals surface area contributed by atoms with Gasteiger partial charge in [-0.2, -0.15) is 0 Å². The van der Waals surface area contributed by atoms with Crippen LogP contribution in [0, 0.1) is 5.92 Å². The predicted molar refractivity (Wildman–Crippen MR) is 67.4 cm³/mol. The highest BCUT2D eigenvalue weighted by Crippen LogP contribution is 2.32. The topological polar surface area (TPSA) is 17.1 Å². The highest BCUT2D eigenvalue weighted by Gasteiger charge is 2.13. The van der Waals surface area contributed by atoms with E-state index in [1.54, 1.807) is 6.07 Å². The number of halogens is 2. The summed E-state index contributed by atoms with van der Waals surface area (Å²) in [4.78, 5) is 11.7. The molecule has 0 amide bonds. The van der Waals surface area contributed by atoms with Gasteiger partial charge in [-0.25, -0.2) is 0 Å². The Labute approximate surface area is 104 Å². The van der Waals surface area contributed by atoms with Crippen LogP contribution in [0.4, 0.5) is 0 Å². The molecule has 0 aromatic carbocycles. The van der Waals surface area contributed by atoms with Crippen molar-refractivity contribution in [2.45, 2.75) is 33.1 Å². The predicted octanol–water partition coefficient (Wildman–Crippen LogP) is 5.06. The first-order chi connectivity index (χ1) is 7.00. The molecule has 15 heavy (non-hydrogen) atoms. The van der Waals surface area contributed by atoms with Gasteiger partial charge in [-0.3, -0.25) is 4.79 Å². The van der Waals surface area contributed by atoms with E-state index in [0.29, 0.717) is 26.6 Å². The third-order valence-corrected chi connectivity index (χ3v) is 3.63. The Kier molecular flexibility index (Phi) is 5.10. The molecule has 0 aliphatic carbocycles. The molecule has 1 aromatic heterocycles. The molecule has 0 aliphatic rings. The van der Waals surface area contributed by atoms with Crippen LogP contribution in [0.15, 0.2) is 6.07 Å². The molecule has 0 aliphatic heterocycles. The molecule has 4 heteroatoms. The van der Waals surface area contributed by atoms with Crippen LogP contribution in [0.25, 0.3) is 0 Å². The molecule has 84 valence electrons. The molecular formula is C11H14Cl2OS. The summed E-state index contributed by atoms with van der Waals surface area (Å²) in [6.45, 7) is 4.30. The third-order valence-electron chi connectivity index (χ3n) is 2.14.